The minimum Gasteiger partial charge on any atom is -0.324 e. The summed E-state index contributed by atoms with van der Waals surface area (Å²) in [6, 6.07) is 8.85. The second-order valence-corrected chi connectivity index (χ2v) is 7.63. The molecule has 4 nitrogen and oxygen atoms in total. The van der Waals surface area contributed by atoms with Crippen LogP contribution in [0.3, 0.4) is 0 Å². The van der Waals surface area contributed by atoms with E-state index in [2.05, 4.69) is 5.32 Å². The molecule has 1 heterocycles. The summed E-state index contributed by atoms with van der Waals surface area (Å²) in [7, 11) is 0. The van der Waals surface area contributed by atoms with Crippen molar-refractivity contribution in [1.82, 2.24) is 9.80 Å². The number of carbonyl (C=O) groups excluding carboxylic acids is 1. The zero-order valence-electron chi connectivity index (χ0n) is 16.3. The standard InChI is InChI=1S/C21H22ClF4N3O/c1-14(20(30)27-19-8-3-2-5-16(19)21(24,25)26)29-11-9-28(10-12-29)13-15-17(22)6-4-7-18(15)23/h2-8,14H,9-13H2,1H3,(H,27,30). The predicted molar refractivity (Wildman–Crippen MR) is 108 cm³/mol. The Labute approximate surface area is 177 Å². The van der Waals surface area contributed by atoms with E-state index in [-0.39, 0.29) is 11.5 Å². The molecule has 0 radical (unpaired) electrons. The Bertz CT molecular complexity index is 878. The van der Waals surface area contributed by atoms with Gasteiger partial charge < -0.3 is 5.32 Å². The van der Waals surface area contributed by atoms with Crippen molar-refractivity contribution < 1.29 is 22.4 Å². The molecule has 30 heavy (non-hydrogen) atoms. The fraction of sp³-hybridized carbons (Fsp3) is 0.381. The van der Waals surface area contributed by atoms with Crippen molar-refractivity contribution in [3.05, 3.63) is 64.4 Å². The average molecular weight is 444 g/mol. The van der Waals surface area contributed by atoms with E-state index in [0.717, 1.165) is 6.07 Å². The van der Waals surface area contributed by atoms with Gasteiger partial charge in [0, 0.05) is 43.3 Å². The highest BCUT2D eigenvalue weighted by atomic mass is 35.5. The van der Waals surface area contributed by atoms with Crippen LogP contribution in [0.25, 0.3) is 0 Å². The Kier molecular flexibility index (Phi) is 7.00. The van der Waals surface area contributed by atoms with Crippen molar-refractivity contribution in [2.75, 3.05) is 31.5 Å². The molecule has 0 spiro atoms. The van der Waals surface area contributed by atoms with Crippen LogP contribution < -0.4 is 5.32 Å². The molecular weight excluding hydrogens is 422 g/mol. The van der Waals surface area contributed by atoms with Crippen molar-refractivity contribution in [2.24, 2.45) is 0 Å². The van der Waals surface area contributed by atoms with Gasteiger partial charge in [-0.15, -0.1) is 0 Å². The van der Waals surface area contributed by atoms with E-state index in [1.807, 2.05) is 9.80 Å². The fourth-order valence-electron chi connectivity index (χ4n) is 3.46. The molecule has 1 aliphatic rings. The van der Waals surface area contributed by atoms with Gasteiger partial charge in [-0.1, -0.05) is 29.8 Å². The van der Waals surface area contributed by atoms with Crippen molar-refractivity contribution in [3.8, 4) is 0 Å². The maximum atomic E-state index is 14.0. The van der Waals surface area contributed by atoms with Crippen LogP contribution in [-0.2, 0) is 17.5 Å². The summed E-state index contributed by atoms with van der Waals surface area (Å²) in [5.41, 5.74) is -0.700. The van der Waals surface area contributed by atoms with Gasteiger partial charge in [-0.2, -0.15) is 13.2 Å². The Hall–Kier alpha value is -2.16. The molecule has 1 N–H and O–H groups in total. The van der Waals surface area contributed by atoms with Crippen LogP contribution in [0.2, 0.25) is 5.02 Å². The van der Waals surface area contributed by atoms with Crippen molar-refractivity contribution >= 4 is 23.2 Å². The van der Waals surface area contributed by atoms with Gasteiger partial charge in [0.25, 0.3) is 0 Å². The Morgan fingerprint density at radius 3 is 2.40 bits per heavy atom. The monoisotopic (exact) mass is 443 g/mol. The molecule has 2 aromatic carbocycles. The first-order chi connectivity index (χ1) is 14.2. The maximum Gasteiger partial charge on any atom is 0.418 e. The summed E-state index contributed by atoms with van der Waals surface area (Å²) in [5, 5.41) is 2.77. The van der Waals surface area contributed by atoms with Crippen molar-refractivity contribution in [1.29, 1.82) is 0 Å². The third-order valence-electron chi connectivity index (χ3n) is 5.27. The van der Waals surface area contributed by atoms with E-state index in [1.165, 1.54) is 24.3 Å². The van der Waals surface area contributed by atoms with Crippen molar-refractivity contribution in [2.45, 2.75) is 25.7 Å². The zero-order chi connectivity index (χ0) is 21.9. The SMILES string of the molecule is CC(C(=O)Nc1ccccc1C(F)(F)F)N1CCN(Cc2c(F)cccc2Cl)CC1. The Morgan fingerprint density at radius 1 is 1.10 bits per heavy atom. The summed E-state index contributed by atoms with van der Waals surface area (Å²) in [6.07, 6.45) is -4.55. The summed E-state index contributed by atoms with van der Waals surface area (Å²) in [5.74, 6) is -0.863. The average Bonchev–Trinajstić information content (AvgIpc) is 2.70. The van der Waals surface area contributed by atoms with Gasteiger partial charge in [-0.25, -0.2) is 4.39 Å². The first-order valence-electron chi connectivity index (χ1n) is 9.53. The number of alkyl halides is 3. The second kappa shape index (κ2) is 9.32. The largest absolute Gasteiger partial charge is 0.418 e. The lowest BCUT2D eigenvalue weighted by Crippen LogP contribution is -2.52. The predicted octanol–water partition coefficient (Wildman–Crippen LogP) is 4.64. The smallest absolute Gasteiger partial charge is 0.324 e. The summed E-state index contributed by atoms with van der Waals surface area (Å²) < 4.78 is 53.4. The molecule has 1 fully saturated rings. The molecule has 3 rings (SSSR count). The van der Waals surface area contributed by atoms with E-state index in [9.17, 15) is 22.4 Å². The van der Waals surface area contributed by atoms with Gasteiger partial charge in [0.05, 0.1) is 17.3 Å². The minimum absolute atomic E-state index is 0.255. The molecule has 1 amide bonds. The minimum atomic E-state index is -4.55. The lowest BCUT2D eigenvalue weighted by molar-refractivity contribution is -0.137. The molecule has 1 saturated heterocycles. The zero-order valence-corrected chi connectivity index (χ0v) is 17.1. The number of hydrogen-bond donors (Lipinski definition) is 1. The number of piperazine rings is 1. The van der Waals surface area contributed by atoms with Gasteiger partial charge in [0.2, 0.25) is 5.91 Å². The van der Waals surface area contributed by atoms with Crippen LogP contribution >= 0.6 is 11.6 Å². The van der Waals surface area contributed by atoms with Gasteiger partial charge in [0.1, 0.15) is 5.82 Å². The number of halogens is 5. The molecular formula is C21H22ClF4N3O. The third kappa shape index (κ3) is 5.30. The number of hydrogen-bond acceptors (Lipinski definition) is 3. The molecule has 9 heteroatoms. The Balaban J connectivity index is 1.58. The molecule has 162 valence electrons. The van der Waals surface area contributed by atoms with Gasteiger partial charge in [-0.05, 0) is 31.2 Å². The van der Waals surface area contributed by atoms with E-state index in [0.29, 0.717) is 43.3 Å². The molecule has 1 aliphatic heterocycles. The molecule has 1 unspecified atom stereocenters. The van der Waals surface area contributed by atoms with Crippen LogP contribution in [-0.4, -0.2) is 47.9 Å². The molecule has 0 aromatic heterocycles. The van der Waals surface area contributed by atoms with Crippen LogP contribution in [0.5, 0.6) is 0 Å². The second-order valence-electron chi connectivity index (χ2n) is 7.22. The van der Waals surface area contributed by atoms with E-state index < -0.39 is 23.7 Å². The van der Waals surface area contributed by atoms with Crippen LogP contribution in [0, 0.1) is 5.82 Å². The number of carbonyl (C=O) groups is 1. The lowest BCUT2D eigenvalue weighted by Gasteiger charge is -2.37. The Morgan fingerprint density at radius 2 is 1.77 bits per heavy atom. The number of nitrogens with zero attached hydrogens (tertiary/aromatic N) is 2. The highest BCUT2D eigenvalue weighted by Gasteiger charge is 2.34. The molecule has 1 atom stereocenters. The number of anilines is 1. The summed E-state index contributed by atoms with van der Waals surface area (Å²) in [6.45, 7) is 4.25. The van der Waals surface area contributed by atoms with Gasteiger partial charge in [-0.3, -0.25) is 14.6 Å². The first kappa shape index (κ1) is 22.5. The molecule has 2 aromatic rings. The quantitative estimate of drug-likeness (QED) is 0.684. The first-order valence-corrected chi connectivity index (χ1v) is 9.91. The van der Waals surface area contributed by atoms with Crippen molar-refractivity contribution in [3.63, 3.8) is 0 Å². The number of rotatable bonds is 5. The fourth-order valence-corrected chi connectivity index (χ4v) is 3.68. The summed E-state index contributed by atoms with van der Waals surface area (Å²) >= 11 is 6.08. The lowest BCUT2D eigenvalue weighted by atomic mass is 10.1. The highest BCUT2D eigenvalue weighted by molar-refractivity contribution is 6.31. The van der Waals surface area contributed by atoms with E-state index >= 15 is 0 Å². The maximum absolute atomic E-state index is 14.0. The number of para-hydroxylation sites is 1. The molecule has 0 aliphatic carbocycles. The number of amides is 1. The normalized spacial score (nSPS) is 17.0. The van der Waals surface area contributed by atoms with E-state index in [1.54, 1.807) is 19.1 Å². The van der Waals surface area contributed by atoms with Gasteiger partial charge >= 0.3 is 6.18 Å². The van der Waals surface area contributed by atoms with Crippen LogP contribution in [0.4, 0.5) is 23.2 Å². The van der Waals surface area contributed by atoms with Crippen LogP contribution in [0.15, 0.2) is 42.5 Å². The van der Waals surface area contributed by atoms with E-state index in [4.69, 9.17) is 11.6 Å². The van der Waals surface area contributed by atoms with Gasteiger partial charge in [0.15, 0.2) is 0 Å². The summed E-state index contributed by atoms with van der Waals surface area (Å²) in [4.78, 5) is 16.5. The molecule has 0 bridgehead atoms. The third-order valence-corrected chi connectivity index (χ3v) is 5.62. The topological polar surface area (TPSA) is 35.6 Å². The molecule has 0 saturated carbocycles. The number of benzene rings is 2. The number of nitrogens with one attached hydrogen (secondary N) is 1. The highest BCUT2D eigenvalue weighted by Crippen LogP contribution is 2.34. The van der Waals surface area contributed by atoms with Crippen LogP contribution in [0.1, 0.15) is 18.1 Å².